The van der Waals surface area contributed by atoms with E-state index in [0.717, 1.165) is 12.8 Å². The maximum absolute atomic E-state index is 12.3. The maximum atomic E-state index is 12.3. The third-order valence-electron chi connectivity index (χ3n) is 3.67. The van der Waals surface area contributed by atoms with Crippen LogP contribution in [0.1, 0.15) is 45.3 Å². The average molecular weight is 284 g/mol. The molecule has 0 unspecified atom stereocenters. The Balaban J connectivity index is 1.80. The molecule has 21 heavy (non-hydrogen) atoms. The first-order valence-electron chi connectivity index (χ1n) is 6.88. The van der Waals surface area contributed by atoms with Crippen LogP contribution in [0.15, 0.2) is 36.5 Å². The minimum absolute atomic E-state index is 0.172. The number of rotatable bonds is 4. The van der Waals surface area contributed by atoms with Crippen LogP contribution >= 0.6 is 0 Å². The number of amides is 1. The van der Waals surface area contributed by atoms with Gasteiger partial charge in [0.25, 0.3) is 5.91 Å². The Kier molecular flexibility index (Phi) is 3.25. The molecule has 2 N–H and O–H groups in total. The monoisotopic (exact) mass is 284 g/mol. The molecule has 2 aromatic rings. The number of benzene rings is 1. The Labute approximate surface area is 122 Å². The van der Waals surface area contributed by atoms with Gasteiger partial charge in [-0.2, -0.15) is 0 Å². The zero-order chi connectivity index (χ0) is 15.0. The van der Waals surface area contributed by atoms with Crippen molar-refractivity contribution in [3.8, 4) is 0 Å². The topological polar surface area (TPSA) is 71.3 Å². The molecule has 1 saturated carbocycles. The van der Waals surface area contributed by atoms with Gasteiger partial charge in [0.15, 0.2) is 0 Å². The Bertz CT molecular complexity index is 714. The Morgan fingerprint density at radius 1 is 1.29 bits per heavy atom. The first-order valence-corrected chi connectivity index (χ1v) is 6.88. The van der Waals surface area contributed by atoms with E-state index in [1.165, 1.54) is 6.07 Å². The predicted molar refractivity (Wildman–Crippen MR) is 78.8 cm³/mol. The number of nitrogens with zero attached hydrogens (tertiary/aromatic N) is 1. The second-order valence-corrected chi connectivity index (χ2v) is 5.32. The fraction of sp³-hybridized carbons (Fsp3) is 0.250. The number of carbonyl (C=O) groups excluding carboxylic acids is 1. The lowest BCUT2D eigenvalue weighted by atomic mass is 10.1. The molecule has 0 bridgehead atoms. The van der Waals surface area contributed by atoms with Gasteiger partial charge in [-0.3, -0.25) is 4.79 Å². The minimum Gasteiger partial charge on any atom is -0.478 e. The van der Waals surface area contributed by atoms with Crippen LogP contribution < -0.4 is 5.32 Å². The molecule has 5 heteroatoms. The molecule has 1 aromatic heterocycles. The van der Waals surface area contributed by atoms with Crippen molar-refractivity contribution in [1.82, 2.24) is 4.57 Å². The number of nitrogens with one attached hydrogen (secondary N) is 1. The Hall–Kier alpha value is -2.56. The molecule has 1 fully saturated rings. The molecule has 0 spiro atoms. The van der Waals surface area contributed by atoms with Crippen LogP contribution in [0.3, 0.4) is 0 Å². The van der Waals surface area contributed by atoms with Gasteiger partial charge in [-0.25, -0.2) is 4.79 Å². The molecule has 1 heterocycles. The number of hydrogen-bond donors (Lipinski definition) is 2. The van der Waals surface area contributed by atoms with Crippen molar-refractivity contribution in [2.24, 2.45) is 0 Å². The molecular weight excluding hydrogens is 268 g/mol. The molecule has 1 aromatic carbocycles. The lowest BCUT2D eigenvalue weighted by Crippen LogP contribution is -2.16. The number of anilines is 1. The zero-order valence-corrected chi connectivity index (χ0v) is 11.7. The molecule has 0 saturated heterocycles. The molecule has 1 aliphatic carbocycles. The maximum Gasteiger partial charge on any atom is 0.335 e. The van der Waals surface area contributed by atoms with E-state index in [1.54, 1.807) is 25.1 Å². The van der Waals surface area contributed by atoms with Crippen LogP contribution in [0.4, 0.5) is 5.69 Å². The fourth-order valence-electron chi connectivity index (χ4n) is 2.43. The van der Waals surface area contributed by atoms with Gasteiger partial charge in [-0.05, 0) is 55.7 Å². The van der Waals surface area contributed by atoms with Crippen LogP contribution in [-0.2, 0) is 0 Å². The molecule has 108 valence electrons. The smallest absolute Gasteiger partial charge is 0.335 e. The quantitative estimate of drug-likeness (QED) is 0.906. The van der Waals surface area contributed by atoms with E-state index < -0.39 is 5.97 Å². The number of aryl methyl sites for hydroxylation is 1. The van der Waals surface area contributed by atoms with E-state index in [-0.39, 0.29) is 11.5 Å². The zero-order valence-electron chi connectivity index (χ0n) is 11.7. The summed E-state index contributed by atoms with van der Waals surface area (Å²) < 4.78 is 1.99. The third kappa shape index (κ3) is 2.67. The highest BCUT2D eigenvalue weighted by molar-refractivity contribution is 6.03. The second-order valence-electron chi connectivity index (χ2n) is 5.32. The molecule has 0 aliphatic heterocycles. The van der Waals surface area contributed by atoms with Crippen LogP contribution in [0.2, 0.25) is 0 Å². The van der Waals surface area contributed by atoms with Crippen molar-refractivity contribution in [2.45, 2.75) is 25.8 Å². The van der Waals surface area contributed by atoms with Gasteiger partial charge < -0.3 is 15.0 Å². The summed E-state index contributed by atoms with van der Waals surface area (Å²) in [7, 11) is 0. The number of carbonyl (C=O) groups is 2. The summed E-state index contributed by atoms with van der Waals surface area (Å²) in [5.41, 5.74) is 2.11. The van der Waals surface area contributed by atoms with Crippen molar-refractivity contribution < 1.29 is 14.7 Å². The van der Waals surface area contributed by atoms with Crippen LogP contribution in [0.5, 0.6) is 0 Å². The standard InChI is InChI=1S/C16H16N2O3/c1-10-9-11(4-7-13(10)16(20)21)17-15(19)14-3-2-8-18(14)12-5-6-12/h2-4,7-9,12H,5-6H2,1H3,(H,17,19)(H,20,21). The lowest BCUT2D eigenvalue weighted by molar-refractivity contribution is 0.0696. The van der Waals surface area contributed by atoms with Crippen LogP contribution in [0.25, 0.3) is 0 Å². The number of aromatic carboxylic acids is 1. The SMILES string of the molecule is Cc1cc(NC(=O)c2cccn2C2CC2)ccc1C(=O)O. The van der Waals surface area contributed by atoms with Crippen molar-refractivity contribution in [2.75, 3.05) is 5.32 Å². The van der Waals surface area contributed by atoms with E-state index in [9.17, 15) is 9.59 Å². The second kappa shape index (κ2) is 5.09. The predicted octanol–water partition coefficient (Wildman–Crippen LogP) is 3.08. The average Bonchev–Trinajstić information content (AvgIpc) is 3.15. The Morgan fingerprint density at radius 2 is 2.05 bits per heavy atom. The highest BCUT2D eigenvalue weighted by Gasteiger charge is 2.26. The van der Waals surface area contributed by atoms with Gasteiger partial charge in [-0.1, -0.05) is 0 Å². The van der Waals surface area contributed by atoms with E-state index in [2.05, 4.69) is 5.32 Å². The molecule has 5 nitrogen and oxygen atoms in total. The van der Waals surface area contributed by atoms with E-state index in [0.29, 0.717) is 23.0 Å². The van der Waals surface area contributed by atoms with E-state index in [1.807, 2.05) is 16.8 Å². The minimum atomic E-state index is -0.965. The summed E-state index contributed by atoms with van der Waals surface area (Å²) in [5.74, 6) is -1.14. The highest BCUT2D eigenvalue weighted by Crippen LogP contribution is 2.36. The first kappa shape index (κ1) is 13.4. The lowest BCUT2D eigenvalue weighted by Gasteiger charge is -2.10. The number of aromatic nitrogens is 1. The molecule has 3 rings (SSSR count). The normalized spacial score (nSPS) is 14.0. The number of hydrogen-bond acceptors (Lipinski definition) is 2. The van der Waals surface area contributed by atoms with Gasteiger partial charge in [0.05, 0.1) is 5.56 Å². The molecule has 0 radical (unpaired) electrons. The molecular formula is C16H16N2O3. The summed E-state index contributed by atoms with van der Waals surface area (Å²) in [6.07, 6.45) is 4.15. The third-order valence-corrected chi connectivity index (χ3v) is 3.67. The van der Waals surface area contributed by atoms with Crippen LogP contribution in [-0.4, -0.2) is 21.6 Å². The summed E-state index contributed by atoms with van der Waals surface area (Å²) in [6, 6.07) is 8.90. The van der Waals surface area contributed by atoms with Gasteiger partial charge >= 0.3 is 5.97 Å². The summed E-state index contributed by atoms with van der Waals surface area (Å²) in [5, 5.41) is 11.8. The summed E-state index contributed by atoms with van der Waals surface area (Å²) >= 11 is 0. The van der Waals surface area contributed by atoms with Crippen LogP contribution in [0, 0.1) is 6.92 Å². The number of carboxylic acid groups (broad SMARTS) is 1. The number of carboxylic acids is 1. The van der Waals surface area contributed by atoms with Gasteiger partial charge in [0, 0.05) is 17.9 Å². The fourth-order valence-corrected chi connectivity index (χ4v) is 2.43. The highest BCUT2D eigenvalue weighted by atomic mass is 16.4. The van der Waals surface area contributed by atoms with Gasteiger partial charge in [0.2, 0.25) is 0 Å². The Morgan fingerprint density at radius 3 is 2.67 bits per heavy atom. The van der Waals surface area contributed by atoms with E-state index in [4.69, 9.17) is 5.11 Å². The van der Waals surface area contributed by atoms with Gasteiger partial charge in [-0.15, -0.1) is 0 Å². The first-order chi connectivity index (χ1) is 10.1. The molecule has 1 aliphatic rings. The van der Waals surface area contributed by atoms with E-state index >= 15 is 0 Å². The molecule has 0 atom stereocenters. The molecule has 1 amide bonds. The summed E-state index contributed by atoms with van der Waals surface area (Å²) in [4.78, 5) is 23.3. The van der Waals surface area contributed by atoms with Crippen molar-refractivity contribution >= 4 is 17.6 Å². The van der Waals surface area contributed by atoms with Gasteiger partial charge in [0.1, 0.15) is 5.69 Å². The van der Waals surface area contributed by atoms with Crippen molar-refractivity contribution in [3.05, 3.63) is 53.3 Å². The van der Waals surface area contributed by atoms with Crippen molar-refractivity contribution in [1.29, 1.82) is 0 Å². The van der Waals surface area contributed by atoms with Crippen molar-refractivity contribution in [3.63, 3.8) is 0 Å². The summed E-state index contributed by atoms with van der Waals surface area (Å²) in [6.45, 7) is 1.71. The largest absolute Gasteiger partial charge is 0.478 e.